The maximum Gasteiger partial charge on any atom is 0.471 e. The SMILES string of the molecule is O=C(O)[C@H]1[C@H](C(F)(F)C(F)(F)F)CCN1C(=O)C(F)(F)F. The quantitative estimate of drug-likeness (QED) is 0.789. The molecule has 0 bridgehead atoms. The molecule has 0 aromatic rings. The van der Waals surface area contributed by atoms with Crippen molar-refractivity contribution >= 4 is 11.9 Å². The fourth-order valence-electron chi connectivity index (χ4n) is 2.08. The number of likely N-dealkylation sites (tertiary alicyclic amines) is 1. The molecule has 1 heterocycles. The van der Waals surface area contributed by atoms with E-state index in [1.807, 2.05) is 0 Å². The molecule has 0 aromatic carbocycles. The average molecular weight is 329 g/mol. The van der Waals surface area contributed by atoms with E-state index in [0.717, 1.165) is 0 Å². The molecule has 0 saturated carbocycles. The van der Waals surface area contributed by atoms with Crippen LogP contribution in [0.5, 0.6) is 0 Å². The van der Waals surface area contributed by atoms with Gasteiger partial charge in [0.15, 0.2) is 0 Å². The van der Waals surface area contributed by atoms with Gasteiger partial charge in [0.25, 0.3) is 0 Å². The largest absolute Gasteiger partial charge is 0.480 e. The monoisotopic (exact) mass is 329 g/mol. The number of halogens is 8. The Morgan fingerprint density at radius 3 is 1.81 bits per heavy atom. The number of carbonyl (C=O) groups excluding carboxylic acids is 1. The molecule has 1 aliphatic rings. The lowest BCUT2D eigenvalue weighted by Crippen LogP contribution is -2.54. The summed E-state index contributed by atoms with van der Waals surface area (Å²) < 4.78 is 99.6. The number of carbonyl (C=O) groups is 2. The number of nitrogens with zero attached hydrogens (tertiary/aromatic N) is 1. The molecule has 0 aromatic heterocycles. The number of hydrogen-bond donors (Lipinski definition) is 1. The number of hydrogen-bond acceptors (Lipinski definition) is 2. The minimum atomic E-state index is -6.14. The molecule has 122 valence electrons. The molecule has 1 N–H and O–H groups in total. The van der Waals surface area contributed by atoms with Crippen LogP contribution in [-0.2, 0) is 9.59 Å². The topological polar surface area (TPSA) is 57.6 Å². The predicted molar refractivity (Wildman–Crippen MR) is 48.3 cm³/mol. The van der Waals surface area contributed by atoms with Crippen LogP contribution < -0.4 is 0 Å². The standard InChI is InChI=1S/C9H7F8NO3/c10-7(11,9(15,16)17)3-1-2-18(4(3)5(19)20)6(21)8(12,13)14/h3-4H,1-2H2,(H,19,20)/t3-,4-/m1/s1. The highest BCUT2D eigenvalue weighted by Crippen LogP contribution is 2.47. The Kier molecular flexibility index (Phi) is 4.14. The van der Waals surface area contributed by atoms with Gasteiger partial charge in [-0.15, -0.1) is 0 Å². The lowest BCUT2D eigenvalue weighted by atomic mass is 9.92. The molecule has 0 spiro atoms. The van der Waals surface area contributed by atoms with Gasteiger partial charge >= 0.3 is 30.2 Å². The molecule has 4 nitrogen and oxygen atoms in total. The van der Waals surface area contributed by atoms with E-state index in [4.69, 9.17) is 5.11 Å². The molecular weight excluding hydrogens is 322 g/mol. The number of alkyl halides is 8. The van der Waals surface area contributed by atoms with Crippen molar-refractivity contribution < 1.29 is 49.8 Å². The van der Waals surface area contributed by atoms with Crippen molar-refractivity contribution in [1.82, 2.24) is 4.90 Å². The smallest absolute Gasteiger partial charge is 0.471 e. The van der Waals surface area contributed by atoms with E-state index in [-0.39, 0.29) is 0 Å². The lowest BCUT2D eigenvalue weighted by Gasteiger charge is -2.30. The second-order valence-corrected chi connectivity index (χ2v) is 4.30. The van der Waals surface area contributed by atoms with Crippen molar-refractivity contribution in [3.8, 4) is 0 Å². The number of carboxylic acid groups (broad SMARTS) is 1. The highest BCUT2D eigenvalue weighted by atomic mass is 19.4. The van der Waals surface area contributed by atoms with E-state index < -0.39 is 60.0 Å². The summed E-state index contributed by atoms with van der Waals surface area (Å²) in [5.41, 5.74) is 0. The zero-order valence-corrected chi connectivity index (χ0v) is 9.80. The zero-order chi connectivity index (χ0) is 16.8. The molecule has 21 heavy (non-hydrogen) atoms. The first-order valence-electron chi connectivity index (χ1n) is 5.26. The number of rotatable bonds is 2. The fourth-order valence-corrected chi connectivity index (χ4v) is 2.08. The summed E-state index contributed by atoms with van der Waals surface area (Å²) in [6.45, 7) is -1.16. The van der Waals surface area contributed by atoms with Crippen LogP contribution in [0.4, 0.5) is 35.1 Å². The molecule has 1 fully saturated rings. The van der Waals surface area contributed by atoms with E-state index in [2.05, 4.69) is 0 Å². The molecule has 2 atom stereocenters. The summed E-state index contributed by atoms with van der Waals surface area (Å²) in [5.74, 6) is -13.6. The van der Waals surface area contributed by atoms with Crippen molar-refractivity contribution in [2.75, 3.05) is 6.54 Å². The van der Waals surface area contributed by atoms with E-state index in [1.54, 1.807) is 0 Å². The summed E-state index contributed by atoms with van der Waals surface area (Å²) in [6.07, 6.45) is -12.9. The van der Waals surface area contributed by atoms with Crippen molar-refractivity contribution in [2.24, 2.45) is 5.92 Å². The van der Waals surface area contributed by atoms with Crippen LogP contribution in [0.15, 0.2) is 0 Å². The van der Waals surface area contributed by atoms with Crippen molar-refractivity contribution in [3.05, 3.63) is 0 Å². The summed E-state index contributed by atoms with van der Waals surface area (Å²) in [5, 5.41) is 8.64. The predicted octanol–water partition coefficient (Wildman–Crippen LogP) is 2.05. The highest BCUT2D eigenvalue weighted by Gasteiger charge is 2.68. The number of aliphatic carboxylic acids is 1. The van der Waals surface area contributed by atoms with Gasteiger partial charge in [0, 0.05) is 6.54 Å². The lowest BCUT2D eigenvalue weighted by molar-refractivity contribution is -0.304. The summed E-state index contributed by atoms with van der Waals surface area (Å²) in [6, 6.07) is -2.91. The second-order valence-electron chi connectivity index (χ2n) is 4.30. The first-order chi connectivity index (χ1) is 9.21. The average Bonchev–Trinajstić information content (AvgIpc) is 2.69. The Hall–Kier alpha value is -1.62. The summed E-state index contributed by atoms with van der Waals surface area (Å²) in [7, 11) is 0. The first kappa shape index (κ1) is 17.4. The molecule has 1 rings (SSSR count). The van der Waals surface area contributed by atoms with E-state index >= 15 is 0 Å². The van der Waals surface area contributed by atoms with Crippen LogP contribution in [0.2, 0.25) is 0 Å². The fraction of sp³-hybridized carbons (Fsp3) is 0.778. The molecule has 1 amide bonds. The maximum absolute atomic E-state index is 13.2. The Balaban J connectivity index is 3.18. The third kappa shape index (κ3) is 3.02. The minimum absolute atomic E-state index is 0.521. The molecule has 0 aliphatic carbocycles. The third-order valence-electron chi connectivity index (χ3n) is 3.00. The molecule has 0 unspecified atom stereocenters. The molecule has 1 saturated heterocycles. The van der Waals surface area contributed by atoms with Gasteiger partial charge in [-0.2, -0.15) is 35.1 Å². The Bertz CT molecular complexity index is 443. The van der Waals surface area contributed by atoms with Gasteiger partial charge in [0.05, 0.1) is 5.92 Å². The van der Waals surface area contributed by atoms with Gasteiger partial charge < -0.3 is 10.0 Å². The van der Waals surface area contributed by atoms with Gasteiger partial charge in [-0.1, -0.05) is 0 Å². The Labute approximate surface area is 111 Å². The van der Waals surface area contributed by atoms with Crippen LogP contribution in [0.3, 0.4) is 0 Å². The third-order valence-corrected chi connectivity index (χ3v) is 3.00. The van der Waals surface area contributed by atoms with Crippen LogP contribution in [-0.4, -0.2) is 52.7 Å². The van der Waals surface area contributed by atoms with Crippen molar-refractivity contribution in [2.45, 2.75) is 30.7 Å². The Morgan fingerprint density at radius 1 is 1.00 bits per heavy atom. The van der Waals surface area contributed by atoms with E-state index in [9.17, 15) is 44.7 Å². The Morgan fingerprint density at radius 2 is 1.48 bits per heavy atom. The van der Waals surface area contributed by atoms with Crippen LogP contribution in [0.1, 0.15) is 6.42 Å². The minimum Gasteiger partial charge on any atom is -0.480 e. The van der Waals surface area contributed by atoms with Gasteiger partial charge in [0.2, 0.25) is 0 Å². The normalized spacial score (nSPS) is 24.3. The van der Waals surface area contributed by atoms with Crippen LogP contribution in [0, 0.1) is 5.92 Å². The number of amides is 1. The van der Waals surface area contributed by atoms with Gasteiger partial charge in [-0.05, 0) is 6.42 Å². The first-order valence-corrected chi connectivity index (χ1v) is 5.26. The van der Waals surface area contributed by atoms with Crippen molar-refractivity contribution in [1.29, 1.82) is 0 Å². The molecule has 0 radical (unpaired) electrons. The maximum atomic E-state index is 13.2. The van der Waals surface area contributed by atoms with Gasteiger partial charge in [-0.25, -0.2) is 4.79 Å². The molecule has 1 aliphatic heterocycles. The summed E-state index contributed by atoms with van der Waals surface area (Å²) >= 11 is 0. The van der Waals surface area contributed by atoms with Gasteiger partial charge in [-0.3, -0.25) is 4.79 Å². The van der Waals surface area contributed by atoms with Crippen LogP contribution >= 0.6 is 0 Å². The molecular formula is C9H7F8NO3. The van der Waals surface area contributed by atoms with Crippen LogP contribution in [0.25, 0.3) is 0 Å². The van der Waals surface area contributed by atoms with E-state index in [0.29, 0.717) is 0 Å². The number of carboxylic acids is 1. The zero-order valence-electron chi connectivity index (χ0n) is 9.80. The molecule has 12 heteroatoms. The second kappa shape index (κ2) is 4.98. The van der Waals surface area contributed by atoms with E-state index in [1.165, 1.54) is 0 Å². The highest BCUT2D eigenvalue weighted by molar-refractivity contribution is 5.88. The summed E-state index contributed by atoms with van der Waals surface area (Å²) in [4.78, 5) is 21.2. The van der Waals surface area contributed by atoms with Crippen molar-refractivity contribution in [3.63, 3.8) is 0 Å². The van der Waals surface area contributed by atoms with Gasteiger partial charge in [0.1, 0.15) is 6.04 Å².